The molecule has 5 rings (SSSR count). The second-order valence-corrected chi connectivity index (χ2v) is 9.11. The van der Waals surface area contributed by atoms with Crippen LogP contribution >= 0.6 is 0 Å². The monoisotopic (exact) mass is 422 g/mol. The minimum Gasteiger partial charge on any atom is -0.336 e. The highest BCUT2D eigenvalue weighted by Gasteiger charge is 2.32. The van der Waals surface area contributed by atoms with Crippen molar-refractivity contribution in [1.82, 2.24) is 28.8 Å². The minimum atomic E-state index is -0.0570. The maximum Gasteiger partial charge on any atom is 0.330 e. The number of carbonyl (C=O) groups excluding carboxylic acids is 1. The summed E-state index contributed by atoms with van der Waals surface area (Å²) >= 11 is 0. The Morgan fingerprint density at radius 2 is 2.00 bits per heavy atom. The standard InChI is InChI=1S/C23H30N6O2/c1-16-19(15-26(2)25-16)22(30)27-12-10-18(14-27)29-21-20(9-6-11-24-21)28(23(29)31)13-17-7-4-3-5-8-17/h6,9,11,15,17-18H,3-5,7-8,10,12-14H2,1-2H3/t18-/m1/s1. The van der Waals surface area contributed by atoms with Gasteiger partial charge in [-0.15, -0.1) is 0 Å². The smallest absolute Gasteiger partial charge is 0.330 e. The van der Waals surface area contributed by atoms with Crippen LogP contribution in [0.5, 0.6) is 0 Å². The zero-order chi connectivity index (χ0) is 21.5. The molecule has 2 aliphatic rings. The van der Waals surface area contributed by atoms with E-state index in [0.717, 1.165) is 29.8 Å². The number of imidazole rings is 1. The van der Waals surface area contributed by atoms with Crippen molar-refractivity contribution in [2.24, 2.45) is 13.0 Å². The highest BCUT2D eigenvalue weighted by atomic mass is 16.2. The fraction of sp³-hybridized carbons (Fsp3) is 0.565. The largest absolute Gasteiger partial charge is 0.336 e. The number of fused-ring (bicyclic) bond motifs is 1. The van der Waals surface area contributed by atoms with Crippen molar-refractivity contribution in [3.63, 3.8) is 0 Å². The lowest BCUT2D eigenvalue weighted by molar-refractivity contribution is 0.0787. The third kappa shape index (κ3) is 3.58. The van der Waals surface area contributed by atoms with Crippen molar-refractivity contribution in [2.75, 3.05) is 13.1 Å². The number of aromatic nitrogens is 5. The van der Waals surface area contributed by atoms with Gasteiger partial charge in [-0.2, -0.15) is 5.10 Å². The van der Waals surface area contributed by atoms with E-state index in [0.29, 0.717) is 24.6 Å². The maximum absolute atomic E-state index is 13.5. The van der Waals surface area contributed by atoms with E-state index in [1.54, 1.807) is 17.1 Å². The molecule has 4 heterocycles. The van der Waals surface area contributed by atoms with Gasteiger partial charge in [0.15, 0.2) is 5.65 Å². The average molecular weight is 423 g/mol. The molecule has 0 radical (unpaired) electrons. The van der Waals surface area contributed by atoms with Crippen LogP contribution in [0.1, 0.15) is 60.6 Å². The van der Waals surface area contributed by atoms with Crippen LogP contribution in [0.25, 0.3) is 11.2 Å². The highest BCUT2D eigenvalue weighted by Crippen LogP contribution is 2.28. The molecule has 31 heavy (non-hydrogen) atoms. The summed E-state index contributed by atoms with van der Waals surface area (Å²) in [6.45, 7) is 3.77. The summed E-state index contributed by atoms with van der Waals surface area (Å²) in [6.07, 6.45) is 10.5. The van der Waals surface area contributed by atoms with Gasteiger partial charge in [-0.1, -0.05) is 19.3 Å². The summed E-state index contributed by atoms with van der Waals surface area (Å²) in [4.78, 5) is 33.0. The molecule has 0 N–H and O–H groups in total. The number of carbonyl (C=O) groups is 1. The quantitative estimate of drug-likeness (QED) is 0.648. The van der Waals surface area contributed by atoms with E-state index in [4.69, 9.17) is 0 Å². The predicted octanol–water partition coefficient (Wildman–Crippen LogP) is 2.91. The molecule has 164 valence electrons. The molecule has 8 nitrogen and oxygen atoms in total. The Bertz CT molecular complexity index is 1170. The lowest BCUT2D eigenvalue weighted by atomic mass is 9.89. The topological polar surface area (TPSA) is 78.0 Å². The van der Waals surface area contributed by atoms with Crippen molar-refractivity contribution >= 4 is 17.1 Å². The van der Waals surface area contributed by atoms with E-state index in [9.17, 15) is 9.59 Å². The van der Waals surface area contributed by atoms with Crippen LogP contribution in [0.4, 0.5) is 0 Å². The molecule has 8 heteroatoms. The van der Waals surface area contributed by atoms with E-state index >= 15 is 0 Å². The van der Waals surface area contributed by atoms with Crippen LogP contribution in [-0.4, -0.2) is 47.8 Å². The Hall–Kier alpha value is -2.90. The number of likely N-dealkylation sites (tertiary alicyclic amines) is 1. The van der Waals surface area contributed by atoms with Gasteiger partial charge in [-0.05, 0) is 44.2 Å². The fourth-order valence-corrected chi connectivity index (χ4v) is 5.36. The summed E-state index contributed by atoms with van der Waals surface area (Å²) in [5.74, 6) is 0.543. The molecule has 0 spiro atoms. The Kier molecular flexibility index (Phi) is 5.16. The number of nitrogens with zero attached hydrogens (tertiary/aromatic N) is 6. The highest BCUT2D eigenvalue weighted by molar-refractivity contribution is 5.95. The molecular weight excluding hydrogens is 392 g/mol. The van der Waals surface area contributed by atoms with Crippen LogP contribution in [0.15, 0.2) is 29.3 Å². The van der Waals surface area contributed by atoms with Crippen molar-refractivity contribution in [1.29, 1.82) is 0 Å². The minimum absolute atomic E-state index is 0.0103. The number of aryl methyl sites for hydroxylation is 2. The number of rotatable bonds is 4. The first kappa shape index (κ1) is 20.0. The van der Waals surface area contributed by atoms with Crippen molar-refractivity contribution < 1.29 is 4.79 Å². The summed E-state index contributed by atoms with van der Waals surface area (Å²) in [6, 6.07) is 3.84. The number of hydrogen-bond acceptors (Lipinski definition) is 4. The van der Waals surface area contributed by atoms with Crippen molar-refractivity contribution in [3.05, 3.63) is 46.3 Å². The van der Waals surface area contributed by atoms with Crippen LogP contribution in [0.2, 0.25) is 0 Å². The number of amides is 1. The molecule has 2 fully saturated rings. The molecule has 3 aromatic heterocycles. The van der Waals surface area contributed by atoms with Gasteiger partial charge in [0.05, 0.1) is 22.8 Å². The maximum atomic E-state index is 13.5. The van der Waals surface area contributed by atoms with Crippen LogP contribution in [0.3, 0.4) is 0 Å². The Balaban J connectivity index is 1.44. The van der Waals surface area contributed by atoms with E-state index in [-0.39, 0.29) is 17.6 Å². The van der Waals surface area contributed by atoms with E-state index in [1.165, 1.54) is 32.1 Å². The van der Waals surface area contributed by atoms with Crippen molar-refractivity contribution in [3.8, 4) is 0 Å². The lowest BCUT2D eigenvalue weighted by Gasteiger charge is -2.21. The second-order valence-electron chi connectivity index (χ2n) is 9.11. The summed E-state index contributed by atoms with van der Waals surface area (Å²) in [5.41, 5.74) is 3.02. The van der Waals surface area contributed by atoms with Gasteiger partial charge in [-0.25, -0.2) is 9.78 Å². The van der Waals surface area contributed by atoms with Gasteiger partial charge >= 0.3 is 5.69 Å². The Labute approximate surface area is 181 Å². The summed E-state index contributed by atoms with van der Waals surface area (Å²) in [7, 11) is 1.82. The molecule has 0 unspecified atom stereocenters. The normalized spacial score (nSPS) is 20.1. The molecule has 1 saturated heterocycles. The zero-order valence-corrected chi connectivity index (χ0v) is 18.3. The first-order valence-corrected chi connectivity index (χ1v) is 11.4. The third-order valence-electron chi connectivity index (χ3n) is 6.95. The summed E-state index contributed by atoms with van der Waals surface area (Å²) in [5, 5.41) is 4.30. The van der Waals surface area contributed by atoms with E-state index in [1.807, 2.05) is 40.1 Å². The first-order valence-electron chi connectivity index (χ1n) is 11.4. The van der Waals surface area contributed by atoms with E-state index < -0.39 is 0 Å². The van der Waals surface area contributed by atoms with Crippen LogP contribution in [0, 0.1) is 12.8 Å². The average Bonchev–Trinajstić information content (AvgIpc) is 3.45. The number of hydrogen-bond donors (Lipinski definition) is 0. The Morgan fingerprint density at radius 1 is 1.19 bits per heavy atom. The third-order valence-corrected chi connectivity index (χ3v) is 6.95. The van der Waals surface area contributed by atoms with Crippen LogP contribution < -0.4 is 5.69 Å². The predicted molar refractivity (Wildman–Crippen MR) is 118 cm³/mol. The van der Waals surface area contributed by atoms with Crippen molar-refractivity contribution in [2.45, 2.75) is 58.0 Å². The second kappa shape index (κ2) is 7.98. The fourth-order valence-electron chi connectivity index (χ4n) is 5.36. The van der Waals surface area contributed by atoms with Gasteiger partial charge in [-0.3, -0.25) is 18.6 Å². The molecule has 1 saturated carbocycles. The molecule has 1 amide bonds. The molecule has 0 aromatic carbocycles. The molecule has 0 bridgehead atoms. The van der Waals surface area contributed by atoms with E-state index in [2.05, 4.69) is 10.1 Å². The Morgan fingerprint density at radius 3 is 2.74 bits per heavy atom. The van der Waals surface area contributed by atoms with Gasteiger partial charge < -0.3 is 4.90 Å². The van der Waals surface area contributed by atoms with Gasteiger partial charge in [0.2, 0.25) is 0 Å². The molecule has 3 aromatic rings. The van der Waals surface area contributed by atoms with Gasteiger partial charge in [0, 0.05) is 39.1 Å². The number of pyridine rings is 1. The SMILES string of the molecule is Cc1nn(C)cc1C(=O)N1CC[C@@H](n2c(=O)n(CC3CCCCC3)c3cccnc32)C1. The van der Waals surface area contributed by atoms with Crippen LogP contribution in [-0.2, 0) is 13.6 Å². The summed E-state index contributed by atoms with van der Waals surface area (Å²) < 4.78 is 5.43. The molecule has 1 atom stereocenters. The van der Waals surface area contributed by atoms with Gasteiger partial charge in [0.25, 0.3) is 5.91 Å². The molecule has 1 aliphatic heterocycles. The molecule has 1 aliphatic carbocycles. The first-order chi connectivity index (χ1) is 15.0. The zero-order valence-electron chi connectivity index (χ0n) is 18.3. The van der Waals surface area contributed by atoms with Gasteiger partial charge in [0.1, 0.15) is 0 Å². The molecular formula is C23H30N6O2. The lowest BCUT2D eigenvalue weighted by Crippen LogP contribution is -2.33.